The normalized spacial score (nSPS) is 17.8. The first kappa shape index (κ1) is 5.16. The van der Waals surface area contributed by atoms with Gasteiger partial charge >= 0.3 is 0 Å². The third-order valence-corrected chi connectivity index (χ3v) is 0.974. The molecule has 0 fully saturated rings. The van der Waals surface area contributed by atoms with E-state index in [9.17, 15) is 0 Å². The van der Waals surface area contributed by atoms with E-state index in [1.54, 1.807) is 6.08 Å². The molecule has 0 aromatic carbocycles. The van der Waals surface area contributed by atoms with Crippen LogP contribution in [0.5, 0.6) is 0 Å². The Kier molecular flexibility index (Phi) is 1.52. The standard InChI is InChI=1S/C7H8O/c8-7-5-3-1-2-4-6-7/h1-5,8H,6H2. The lowest BCUT2D eigenvalue weighted by Crippen LogP contribution is -1.72. The molecule has 1 nitrogen and oxygen atoms in total. The Morgan fingerprint density at radius 1 is 1.25 bits per heavy atom. The summed E-state index contributed by atoms with van der Waals surface area (Å²) in [6.45, 7) is 0. The molecule has 0 aromatic heterocycles. The molecule has 0 aliphatic heterocycles. The molecule has 8 heavy (non-hydrogen) atoms. The molecule has 0 unspecified atom stereocenters. The average molecular weight is 108 g/mol. The first-order chi connectivity index (χ1) is 3.89. The fourth-order valence-electron chi connectivity index (χ4n) is 0.566. The summed E-state index contributed by atoms with van der Waals surface area (Å²) < 4.78 is 0. The second kappa shape index (κ2) is 2.36. The Morgan fingerprint density at radius 2 is 2.12 bits per heavy atom. The molecule has 1 aliphatic carbocycles. The van der Waals surface area contributed by atoms with Crippen molar-refractivity contribution in [3.05, 3.63) is 36.1 Å². The zero-order valence-electron chi connectivity index (χ0n) is 4.54. The average Bonchev–Trinajstić information content (AvgIpc) is 1.94. The minimum atomic E-state index is 0.426. The van der Waals surface area contributed by atoms with Crippen molar-refractivity contribution < 1.29 is 5.11 Å². The van der Waals surface area contributed by atoms with Gasteiger partial charge < -0.3 is 5.11 Å². The number of hydrogen-bond acceptors (Lipinski definition) is 1. The minimum Gasteiger partial charge on any atom is -0.512 e. The Hall–Kier alpha value is -0.980. The Bertz CT molecular complexity index is 152. The van der Waals surface area contributed by atoms with E-state index < -0.39 is 0 Å². The van der Waals surface area contributed by atoms with E-state index in [2.05, 4.69) is 0 Å². The van der Waals surface area contributed by atoms with Crippen LogP contribution in [-0.4, -0.2) is 5.11 Å². The van der Waals surface area contributed by atoms with Gasteiger partial charge in [-0.25, -0.2) is 0 Å². The summed E-state index contributed by atoms with van der Waals surface area (Å²) in [4.78, 5) is 0. The van der Waals surface area contributed by atoms with Crippen molar-refractivity contribution in [3.63, 3.8) is 0 Å². The molecule has 0 spiro atoms. The lowest BCUT2D eigenvalue weighted by Gasteiger charge is -1.86. The molecule has 0 saturated carbocycles. The number of rotatable bonds is 0. The van der Waals surface area contributed by atoms with Gasteiger partial charge in [0.1, 0.15) is 0 Å². The highest BCUT2D eigenvalue weighted by molar-refractivity contribution is 5.19. The van der Waals surface area contributed by atoms with Gasteiger partial charge in [-0.05, 0) is 6.08 Å². The maximum atomic E-state index is 8.85. The van der Waals surface area contributed by atoms with Crippen LogP contribution in [0, 0.1) is 0 Å². The van der Waals surface area contributed by atoms with Crippen LogP contribution in [0.1, 0.15) is 6.42 Å². The Labute approximate surface area is 48.6 Å². The van der Waals surface area contributed by atoms with Crippen LogP contribution in [0.15, 0.2) is 36.1 Å². The van der Waals surface area contributed by atoms with Crippen LogP contribution < -0.4 is 0 Å². The van der Waals surface area contributed by atoms with Crippen LogP contribution in [0.3, 0.4) is 0 Å². The van der Waals surface area contributed by atoms with Crippen molar-refractivity contribution in [1.82, 2.24) is 0 Å². The third-order valence-electron chi connectivity index (χ3n) is 0.974. The van der Waals surface area contributed by atoms with Crippen molar-refractivity contribution in [2.45, 2.75) is 6.42 Å². The molecular formula is C7H8O. The van der Waals surface area contributed by atoms with Gasteiger partial charge in [-0.15, -0.1) is 0 Å². The quantitative estimate of drug-likeness (QED) is 0.502. The van der Waals surface area contributed by atoms with Gasteiger partial charge in [-0.2, -0.15) is 0 Å². The first-order valence-electron chi connectivity index (χ1n) is 2.61. The molecule has 0 amide bonds. The van der Waals surface area contributed by atoms with E-state index in [0.29, 0.717) is 12.2 Å². The fraction of sp³-hybridized carbons (Fsp3) is 0.143. The summed E-state index contributed by atoms with van der Waals surface area (Å²) in [7, 11) is 0. The molecule has 1 N–H and O–H groups in total. The summed E-state index contributed by atoms with van der Waals surface area (Å²) in [5.74, 6) is 0.426. The first-order valence-corrected chi connectivity index (χ1v) is 2.61. The van der Waals surface area contributed by atoms with Crippen LogP contribution in [0.2, 0.25) is 0 Å². The molecule has 0 bridgehead atoms. The largest absolute Gasteiger partial charge is 0.512 e. The van der Waals surface area contributed by atoms with Crippen molar-refractivity contribution in [2.75, 3.05) is 0 Å². The highest BCUT2D eigenvalue weighted by Crippen LogP contribution is 2.01. The smallest absolute Gasteiger partial charge is 0.0960 e. The van der Waals surface area contributed by atoms with Gasteiger partial charge in [0, 0.05) is 6.42 Å². The molecule has 0 heterocycles. The predicted molar refractivity (Wildman–Crippen MR) is 33.6 cm³/mol. The van der Waals surface area contributed by atoms with Crippen molar-refractivity contribution >= 4 is 0 Å². The summed E-state index contributed by atoms with van der Waals surface area (Å²) in [6, 6.07) is 0. The molecule has 42 valence electrons. The number of aliphatic hydroxyl groups is 1. The van der Waals surface area contributed by atoms with Gasteiger partial charge in [-0.1, -0.05) is 24.3 Å². The maximum Gasteiger partial charge on any atom is 0.0960 e. The lowest BCUT2D eigenvalue weighted by molar-refractivity contribution is 0.402. The van der Waals surface area contributed by atoms with Crippen molar-refractivity contribution in [2.24, 2.45) is 0 Å². The second-order valence-corrected chi connectivity index (χ2v) is 1.68. The van der Waals surface area contributed by atoms with Crippen LogP contribution >= 0.6 is 0 Å². The number of allylic oxidation sites excluding steroid dienone is 5. The summed E-state index contributed by atoms with van der Waals surface area (Å²) in [5.41, 5.74) is 0. The van der Waals surface area contributed by atoms with Crippen molar-refractivity contribution in [3.8, 4) is 0 Å². The molecule has 0 saturated heterocycles. The molecule has 0 aromatic rings. The van der Waals surface area contributed by atoms with E-state index >= 15 is 0 Å². The summed E-state index contributed by atoms with van der Waals surface area (Å²) >= 11 is 0. The SMILES string of the molecule is OC1=CC=CC=CC1. The summed E-state index contributed by atoms with van der Waals surface area (Å²) in [6.07, 6.45) is 9.89. The maximum absolute atomic E-state index is 8.85. The molecular weight excluding hydrogens is 100 g/mol. The van der Waals surface area contributed by atoms with Gasteiger partial charge in [0.15, 0.2) is 0 Å². The van der Waals surface area contributed by atoms with E-state index in [1.807, 2.05) is 24.3 Å². The molecule has 0 radical (unpaired) electrons. The number of aliphatic hydroxyl groups excluding tert-OH is 1. The lowest BCUT2D eigenvalue weighted by atomic mass is 10.3. The zero-order valence-corrected chi connectivity index (χ0v) is 4.54. The van der Waals surface area contributed by atoms with Crippen LogP contribution in [0.25, 0.3) is 0 Å². The molecule has 0 atom stereocenters. The third kappa shape index (κ3) is 1.26. The topological polar surface area (TPSA) is 20.2 Å². The Balaban J connectivity index is 2.69. The van der Waals surface area contributed by atoms with Crippen LogP contribution in [-0.2, 0) is 0 Å². The zero-order chi connectivity index (χ0) is 5.82. The van der Waals surface area contributed by atoms with Gasteiger partial charge in [0.05, 0.1) is 5.76 Å². The second-order valence-electron chi connectivity index (χ2n) is 1.68. The number of hydrogen-bond donors (Lipinski definition) is 1. The summed E-state index contributed by atoms with van der Waals surface area (Å²) in [5, 5.41) is 8.85. The Morgan fingerprint density at radius 3 is 3.00 bits per heavy atom. The van der Waals surface area contributed by atoms with Gasteiger partial charge in [-0.3, -0.25) is 0 Å². The van der Waals surface area contributed by atoms with E-state index in [-0.39, 0.29) is 0 Å². The van der Waals surface area contributed by atoms with Crippen LogP contribution in [0.4, 0.5) is 0 Å². The molecule has 1 aliphatic rings. The van der Waals surface area contributed by atoms with E-state index in [0.717, 1.165) is 0 Å². The van der Waals surface area contributed by atoms with Crippen molar-refractivity contribution in [1.29, 1.82) is 0 Å². The van der Waals surface area contributed by atoms with Gasteiger partial charge in [0.25, 0.3) is 0 Å². The molecule has 1 heteroatoms. The monoisotopic (exact) mass is 108 g/mol. The highest BCUT2D eigenvalue weighted by atomic mass is 16.3. The highest BCUT2D eigenvalue weighted by Gasteiger charge is 1.86. The van der Waals surface area contributed by atoms with E-state index in [4.69, 9.17) is 5.11 Å². The minimum absolute atomic E-state index is 0.426. The van der Waals surface area contributed by atoms with Gasteiger partial charge in [0.2, 0.25) is 0 Å². The molecule has 1 rings (SSSR count). The van der Waals surface area contributed by atoms with E-state index in [1.165, 1.54) is 0 Å². The fourth-order valence-corrected chi connectivity index (χ4v) is 0.566. The predicted octanol–water partition coefficient (Wildman–Crippen LogP) is 1.94.